The molecule has 1 aliphatic heterocycles. The molecule has 2 N–H and O–H groups in total. The number of rotatable bonds is 10. The van der Waals surface area contributed by atoms with Crippen LogP contribution in [0, 0.1) is 12.8 Å². The summed E-state index contributed by atoms with van der Waals surface area (Å²) in [5.74, 6) is 0.470. The second-order valence-corrected chi connectivity index (χ2v) is 14.9. The first kappa shape index (κ1) is 40.4. The fraction of sp³-hybridized carbons (Fsp3) is 0.513. The average Bonchev–Trinajstić information content (AvgIpc) is 3.06. The van der Waals surface area contributed by atoms with Gasteiger partial charge >= 0.3 is 5.97 Å². The number of ether oxygens (including phenoxy) is 1. The zero-order valence-corrected chi connectivity index (χ0v) is 31.3. The summed E-state index contributed by atoms with van der Waals surface area (Å²) in [5.41, 5.74) is 0.781. The van der Waals surface area contributed by atoms with Crippen LogP contribution in [0.25, 0.3) is 0 Å². The molecule has 2 aromatic carbocycles. The van der Waals surface area contributed by atoms with E-state index in [-0.39, 0.29) is 28.6 Å². The van der Waals surface area contributed by atoms with Gasteiger partial charge in [0.25, 0.3) is 0 Å². The number of cyclic esters (lactones) is 1. The van der Waals surface area contributed by atoms with Gasteiger partial charge in [0.15, 0.2) is 0 Å². The average molecular weight is 685 g/mol. The lowest BCUT2D eigenvalue weighted by Crippen LogP contribution is -2.46. The van der Waals surface area contributed by atoms with Gasteiger partial charge in [-0.05, 0) is 93.2 Å². The molecule has 1 aliphatic carbocycles. The Morgan fingerprint density at radius 2 is 1.68 bits per heavy atom. The van der Waals surface area contributed by atoms with Crippen LogP contribution in [0.5, 0.6) is 5.75 Å². The Morgan fingerprint density at radius 3 is 2.21 bits per heavy atom. The topological polar surface area (TPSA) is 93.1 Å². The van der Waals surface area contributed by atoms with Gasteiger partial charge in [-0.3, -0.25) is 0 Å². The van der Waals surface area contributed by atoms with E-state index in [0.717, 1.165) is 48.1 Å². The smallest absolute Gasteiger partial charge is 0.349 e. The summed E-state index contributed by atoms with van der Waals surface area (Å²) in [4.78, 5) is 15.3. The fourth-order valence-corrected chi connectivity index (χ4v) is 7.91. The van der Waals surface area contributed by atoms with Crippen molar-refractivity contribution >= 4 is 28.8 Å². The Hall–Kier alpha value is -2.81. The molecule has 2 unspecified atom stereocenters. The van der Waals surface area contributed by atoms with E-state index < -0.39 is 22.7 Å². The van der Waals surface area contributed by atoms with Crippen LogP contribution >= 0.6 is 11.8 Å². The molecular weight excluding hydrogens is 629 g/mol. The Bertz CT molecular complexity index is 1380. The van der Waals surface area contributed by atoms with Crippen LogP contribution in [0.4, 0.5) is 0 Å². The molecule has 6 nitrogen and oxygen atoms in total. The minimum Gasteiger partial charge on any atom is -0.511 e. The monoisotopic (exact) mass is 684 g/mol. The molecule has 1 heterocycles. The van der Waals surface area contributed by atoms with E-state index in [4.69, 9.17) is 14.0 Å². The van der Waals surface area contributed by atoms with E-state index in [0.29, 0.717) is 23.5 Å². The number of thioether (sulfide) groups is 1. The van der Waals surface area contributed by atoms with Gasteiger partial charge in [-0.2, -0.15) is 0 Å². The zero-order chi connectivity index (χ0) is 35.0. The van der Waals surface area contributed by atoms with Crippen molar-refractivity contribution in [1.82, 2.24) is 0 Å². The van der Waals surface area contributed by atoms with Crippen molar-refractivity contribution in [3.05, 3.63) is 88.6 Å². The molecule has 2 atom stereocenters. The SMILES string of the molecule is C/C=C/CCC1(C2CCCCC2)CC(O)=C(Sc2cc(C)c(OS(=O)c3ccccc3)cc2C(C)(C)C)C(=O)O1.C/C=C\CO.CC. The van der Waals surface area contributed by atoms with Crippen molar-refractivity contribution in [1.29, 1.82) is 0 Å². The maximum atomic E-state index is 13.6. The second kappa shape index (κ2) is 19.9. The number of aryl methyl sites for hydroxylation is 1. The lowest BCUT2D eigenvalue weighted by Gasteiger charge is -2.44. The van der Waals surface area contributed by atoms with Crippen molar-refractivity contribution in [2.45, 2.75) is 128 Å². The van der Waals surface area contributed by atoms with Gasteiger partial charge in [0.05, 0.1) is 11.5 Å². The quantitative estimate of drug-likeness (QED) is 0.190. The van der Waals surface area contributed by atoms with Crippen molar-refractivity contribution in [3.63, 3.8) is 0 Å². The number of allylic oxidation sites excluding steroid dienone is 3. The third-order valence-electron chi connectivity index (χ3n) is 8.27. The van der Waals surface area contributed by atoms with E-state index in [9.17, 15) is 14.1 Å². The summed E-state index contributed by atoms with van der Waals surface area (Å²) >= 11 is -0.397. The van der Waals surface area contributed by atoms with Gasteiger partial charge < -0.3 is 19.1 Å². The summed E-state index contributed by atoms with van der Waals surface area (Å²) < 4.78 is 25.1. The summed E-state index contributed by atoms with van der Waals surface area (Å²) in [7, 11) is 0. The van der Waals surface area contributed by atoms with Crippen LogP contribution in [0.15, 0.2) is 87.2 Å². The number of hydrogen-bond donors (Lipinski definition) is 2. The molecule has 1 saturated carbocycles. The fourth-order valence-electron chi connectivity index (χ4n) is 5.84. The minimum absolute atomic E-state index is 0.121. The molecule has 0 saturated heterocycles. The highest BCUT2D eigenvalue weighted by atomic mass is 32.2. The van der Waals surface area contributed by atoms with Crippen molar-refractivity contribution in [2.75, 3.05) is 6.61 Å². The number of carbonyl (C=O) groups excluding carboxylic acids is 1. The number of aliphatic hydroxyl groups is 2. The van der Waals surface area contributed by atoms with Crippen molar-refractivity contribution in [3.8, 4) is 5.75 Å². The molecule has 2 aliphatic rings. The van der Waals surface area contributed by atoms with Gasteiger partial charge in [-0.1, -0.05) is 108 Å². The predicted octanol–water partition coefficient (Wildman–Crippen LogP) is 10.5. The Kier molecular flexibility index (Phi) is 17.1. The Balaban J connectivity index is 0.00000100. The number of hydrogen-bond acceptors (Lipinski definition) is 7. The number of aliphatic hydroxyl groups excluding tert-OH is 2. The van der Waals surface area contributed by atoms with Crippen LogP contribution in [0.3, 0.4) is 0 Å². The molecule has 4 rings (SSSR count). The van der Waals surface area contributed by atoms with Gasteiger partial charge in [0.1, 0.15) is 22.0 Å². The molecule has 0 spiro atoms. The largest absolute Gasteiger partial charge is 0.511 e. The van der Waals surface area contributed by atoms with Gasteiger partial charge in [-0.15, -0.1) is 0 Å². The predicted molar refractivity (Wildman–Crippen MR) is 196 cm³/mol. The number of esters is 1. The highest BCUT2D eigenvalue weighted by Gasteiger charge is 2.47. The van der Waals surface area contributed by atoms with Gasteiger partial charge in [0.2, 0.25) is 11.1 Å². The van der Waals surface area contributed by atoms with Gasteiger partial charge in [0, 0.05) is 11.3 Å². The van der Waals surface area contributed by atoms with Crippen LogP contribution < -0.4 is 4.18 Å². The zero-order valence-electron chi connectivity index (χ0n) is 29.6. The molecule has 0 aromatic heterocycles. The van der Waals surface area contributed by atoms with E-state index in [1.54, 1.807) is 24.3 Å². The summed E-state index contributed by atoms with van der Waals surface area (Å²) in [6.45, 7) is 16.2. The van der Waals surface area contributed by atoms with E-state index in [1.807, 2.05) is 71.0 Å². The number of benzene rings is 2. The van der Waals surface area contributed by atoms with Crippen molar-refractivity contribution in [2.24, 2.45) is 5.92 Å². The Labute approximate surface area is 290 Å². The van der Waals surface area contributed by atoms with E-state index >= 15 is 0 Å². The van der Waals surface area contributed by atoms with E-state index in [2.05, 4.69) is 26.8 Å². The van der Waals surface area contributed by atoms with Gasteiger partial charge in [-0.25, -0.2) is 9.00 Å². The molecule has 47 heavy (non-hydrogen) atoms. The molecule has 0 radical (unpaired) electrons. The highest BCUT2D eigenvalue weighted by Crippen LogP contribution is 2.49. The van der Waals surface area contributed by atoms with Crippen LogP contribution in [-0.2, 0) is 26.0 Å². The first-order valence-electron chi connectivity index (χ1n) is 16.9. The van der Waals surface area contributed by atoms with Crippen LogP contribution in [0.2, 0.25) is 0 Å². The molecule has 1 fully saturated rings. The number of carbonyl (C=O) groups is 1. The van der Waals surface area contributed by atoms with E-state index in [1.165, 1.54) is 18.2 Å². The molecule has 0 bridgehead atoms. The molecule has 0 amide bonds. The summed E-state index contributed by atoms with van der Waals surface area (Å²) in [6, 6.07) is 12.9. The molecule has 260 valence electrons. The van der Waals surface area contributed by atoms with Crippen LogP contribution in [0.1, 0.15) is 111 Å². The maximum absolute atomic E-state index is 13.6. The first-order chi connectivity index (χ1) is 22.5. The third-order valence-corrected chi connectivity index (χ3v) is 10.4. The normalized spacial score (nSPS) is 19.5. The standard InChI is InChI=1S/C33H42O5S2.C4H8O.C2H6/c1-6-7-14-19-33(24-15-10-8-11-16-24)22-27(34)30(31(35)37-33)39-29-20-23(2)28(21-26(29)32(3,4)5)38-40(36)25-17-12-9-13-18-25;1-2-3-4-5;1-2/h6-7,9,12-13,17-18,20-21,24,34H,8,10-11,14-16,19,22H2,1-5H3;2-3,5H,4H2,1H3;1-2H3/b7-6+;3-2-;. The summed E-state index contributed by atoms with van der Waals surface area (Å²) in [6.07, 6.45) is 15.0. The molecule has 8 heteroatoms. The molecule has 2 aromatic rings. The Morgan fingerprint density at radius 1 is 1.04 bits per heavy atom. The maximum Gasteiger partial charge on any atom is 0.349 e. The van der Waals surface area contributed by atoms with Crippen molar-refractivity contribution < 1.29 is 28.1 Å². The third kappa shape index (κ3) is 11.7. The first-order valence-corrected chi connectivity index (χ1v) is 18.8. The van der Waals surface area contributed by atoms with Crippen LogP contribution in [-0.4, -0.2) is 32.6 Å². The lowest BCUT2D eigenvalue weighted by atomic mass is 9.72. The lowest BCUT2D eigenvalue weighted by molar-refractivity contribution is -0.168. The second-order valence-electron chi connectivity index (χ2n) is 12.7. The minimum atomic E-state index is -1.65. The highest BCUT2D eigenvalue weighted by molar-refractivity contribution is 8.04. The summed E-state index contributed by atoms with van der Waals surface area (Å²) in [5, 5.41) is 19.3. The molecular formula is C39H56O6S2.